The van der Waals surface area contributed by atoms with E-state index >= 15 is 0 Å². The number of unbranched alkanes of at least 4 members (excludes halogenated alkanes) is 2. The summed E-state index contributed by atoms with van der Waals surface area (Å²) in [5.41, 5.74) is 4.59. The lowest BCUT2D eigenvalue weighted by Gasteiger charge is -2.13. The van der Waals surface area contributed by atoms with E-state index in [1.54, 1.807) is 0 Å². The van der Waals surface area contributed by atoms with E-state index in [1.165, 1.54) is 11.3 Å². The van der Waals surface area contributed by atoms with Crippen molar-refractivity contribution in [2.45, 2.75) is 59.4 Å². The maximum Gasteiger partial charge on any atom is 0.306 e. The molecular weight excluding hydrogens is 384 g/mol. The second-order valence-electron chi connectivity index (χ2n) is 8.20. The van der Waals surface area contributed by atoms with Crippen LogP contribution in [0.1, 0.15) is 51.8 Å². The van der Waals surface area contributed by atoms with E-state index in [9.17, 15) is 4.79 Å². The van der Waals surface area contributed by atoms with Gasteiger partial charge in [-0.1, -0.05) is 86.8 Å². The van der Waals surface area contributed by atoms with E-state index in [4.69, 9.17) is 9.72 Å². The third-order valence-corrected chi connectivity index (χ3v) is 5.65. The molecule has 4 heteroatoms. The van der Waals surface area contributed by atoms with E-state index in [-0.39, 0.29) is 5.97 Å². The SMILES string of the molecule is CCOC(=O)CC(C)CCCCCn1c(C)nc(-c2ccccc2)c1-c1ccccc1. The minimum absolute atomic E-state index is 0.0787. The van der Waals surface area contributed by atoms with Crippen molar-refractivity contribution in [1.82, 2.24) is 9.55 Å². The van der Waals surface area contributed by atoms with Crippen LogP contribution < -0.4 is 0 Å². The number of ether oxygens (including phenoxy) is 1. The fourth-order valence-electron chi connectivity index (χ4n) is 4.07. The standard InChI is InChI=1S/C27H34N2O2/c1-4-31-25(30)20-21(2)14-8-7-13-19-29-22(3)28-26(23-15-9-5-10-16-23)27(29)24-17-11-6-12-18-24/h5-6,9-12,15-18,21H,4,7-8,13-14,19-20H2,1-3H3. The highest BCUT2D eigenvalue weighted by molar-refractivity contribution is 5.79. The zero-order chi connectivity index (χ0) is 22.1. The second-order valence-corrected chi connectivity index (χ2v) is 8.20. The molecule has 2 aromatic carbocycles. The molecule has 3 aromatic rings. The molecule has 1 aromatic heterocycles. The first-order valence-corrected chi connectivity index (χ1v) is 11.4. The summed E-state index contributed by atoms with van der Waals surface area (Å²) < 4.78 is 7.42. The number of carbonyl (C=O) groups is 1. The van der Waals surface area contributed by atoms with Crippen LogP contribution in [-0.4, -0.2) is 22.1 Å². The Balaban J connectivity index is 1.66. The van der Waals surface area contributed by atoms with Crippen LogP contribution in [0.3, 0.4) is 0 Å². The minimum Gasteiger partial charge on any atom is -0.466 e. The van der Waals surface area contributed by atoms with Crippen LogP contribution in [-0.2, 0) is 16.1 Å². The fourth-order valence-corrected chi connectivity index (χ4v) is 4.07. The topological polar surface area (TPSA) is 44.1 Å². The van der Waals surface area contributed by atoms with Crippen molar-refractivity contribution in [1.29, 1.82) is 0 Å². The summed E-state index contributed by atoms with van der Waals surface area (Å²) in [4.78, 5) is 16.6. The first-order chi connectivity index (χ1) is 15.1. The molecule has 0 saturated heterocycles. The third-order valence-electron chi connectivity index (χ3n) is 5.65. The molecule has 1 unspecified atom stereocenters. The molecule has 0 N–H and O–H groups in total. The predicted octanol–water partition coefficient (Wildman–Crippen LogP) is 6.68. The zero-order valence-corrected chi connectivity index (χ0v) is 19.0. The highest BCUT2D eigenvalue weighted by atomic mass is 16.5. The van der Waals surface area contributed by atoms with Crippen LogP contribution in [0.2, 0.25) is 0 Å². The summed E-state index contributed by atoms with van der Waals surface area (Å²) in [7, 11) is 0. The van der Waals surface area contributed by atoms with Crippen LogP contribution in [0.15, 0.2) is 60.7 Å². The van der Waals surface area contributed by atoms with Crippen molar-refractivity contribution in [3.8, 4) is 22.5 Å². The molecule has 0 saturated carbocycles. The summed E-state index contributed by atoms with van der Waals surface area (Å²) in [6.45, 7) is 7.50. The predicted molar refractivity (Wildman–Crippen MR) is 127 cm³/mol. The number of aromatic nitrogens is 2. The van der Waals surface area contributed by atoms with E-state index in [2.05, 4.69) is 73.0 Å². The summed E-state index contributed by atoms with van der Waals surface area (Å²) in [6, 6.07) is 21.0. The monoisotopic (exact) mass is 418 g/mol. The normalized spacial score (nSPS) is 12.0. The van der Waals surface area contributed by atoms with Gasteiger partial charge in [0.15, 0.2) is 0 Å². The maximum absolute atomic E-state index is 11.6. The highest BCUT2D eigenvalue weighted by Gasteiger charge is 2.17. The van der Waals surface area contributed by atoms with Crippen molar-refractivity contribution >= 4 is 5.97 Å². The second kappa shape index (κ2) is 11.5. The number of nitrogens with zero attached hydrogens (tertiary/aromatic N) is 2. The van der Waals surface area contributed by atoms with E-state index in [0.29, 0.717) is 18.9 Å². The Hall–Kier alpha value is -2.88. The number of hydrogen-bond acceptors (Lipinski definition) is 3. The molecule has 1 heterocycles. The van der Waals surface area contributed by atoms with Gasteiger partial charge in [0.2, 0.25) is 0 Å². The molecule has 0 amide bonds. The van der Waals surface area contributed by atoms with Gasteiger partial charge in [-0.15, -0.1) is 0 Å². The average Bonchev–Trinajstić information content (AvgIpc) is 3.11. The van der Waals surface area contributed by atoms with Gasteiger partial charge in [-0.25, -0.2) is 4.98 Å². The van der Waals surface area contributed by atoms with Gasteiger partial charge in [0.1, 0.15) is 5.82 Å². The molecule has 4 nitrogen and oxygen atoms in total. The Labute approximate surface area is 186 Å². The van der Waals surface area contributed by atoms with Gasteiger partial charge in [0.25, 0.3) is 0 Å². The van der Waals surface area contributed by atoms with Crippen molar-refractivity contribution in [2.75, 3.05) is 6.61 Å². The Morgan fingerprint density at radius 3 is 2.26 bits per heavy atom. The molecule has 31 heavy (non-hydrogen) atoms. The van der Waals surface area contributed by atoms with Gasteiger partial charge < -0.3 is 9.30 Å². The molecule has 1 atom stereocenters. The summed E-state index contributed by atoms with van der Waals surface area (Å²) >= 11 is 0. The van der Waals surface area contributed by atoms with E-state index < -0.39 is 0 Å². The number of hydrogen-bond donors (Lipinski definition) is 0. The lowest BCUT2D eigenvalue weighted by molar-refractivity contribution is -0.144. The molecule has 0 bridgehead atoms. The Kier molecular flexibility index (Phi) is 8.45. The van der Waals surface area contributed by atoms with Crippen LogP contribution in [0.4, 0.5) is 0 Å². The highest BCUT2D eigenvalue weighted by Crippen LogP contribution is 2.33. The number of rotatable bonds is 11. The average molecular weight is 419 g/mol. The van der Waals surface area contributed by atoms with Crippen molar-refractivity contribution in [3.63, 3.8) is 0 Å². The van der Waals surface area contributed by atoms with Crippen LogP contribution in [0.5, 0.6) is 0 Å². The van der Waals surface area contributed by atoms with Gasteiger partial charge in [-0.3, -0.25) is 4.79 Å². The first-order valence-electron chi connectivity index (χ1n) is 11.4. The maximum atomic E-state index is 11.6. The zero-order valence-electron chi connectivity index (χ0n) is 19.0. The minimum atomic E-state index is -0.0787. The van der Waals surface area contributed by atoms with Gasteiger partial charge >= 0.3 is 5.97 Å². The molecule has 164 valence electrons. The van der Waals surface area contributed by atoms with Crippen molar-refractivity contribution in [2.24, 2.45) is 5.92 Å². The Morgan fingerprint density at radius 1 is 0.968 bits per heavy atom. The molecule has 0 fully saturated rings. The smallest absolute Gasteiger partial charge is 0.306 e. The number of carbonyl (C=O) groups excluding carboxylic acids is 1. The fraction of sp³-hybridized carbons (Fsp3) is 0.407. The van der Waals surface area contributed by atoms with Crippen molar-refractivity contribution < 1.29 is 9.53 Å². The largest absolute Gasteiger partial charge is 0.466 e. The van der Waals surface area contributed by atoms with Crippen LogP contribution >= 0.6 is 0 Å². The number of aryl methyl sites for hydroxylation is 1. The first kappa shape index (κ1) is 22.8. The number of benzene rings is 2. The van der Waals surface area contributed by atoms with Crippen LogP contribution in [0, 0.1) is 12.8 Å². The van der Waals surface area contributed by atoms with Gasteiger partial charge in [0, 0.05) is 24.1 Å². The van der Waals surface area contributed by atoms with Gasteiger partial charge in [-0.05, 0) is 26.2 Å². The third kappa shape index (κ3) is 6.30. The molecule has 0 aliphatic carbocycles. The Bertz CT molecular complexity index is 948. The van der Waals surface area contributed by atoms with E-state index in [1.807, 2.05) is 13.0 Å². The van der Waals surface area contributed by atoms with Crippen LogP contribution in [0.25, 0.3) is 22.5 Å². The van der Waals surface area contributed by atoms with Gasteiger partial charge in [-0.2, -0.15) is 0 Å². The van der Waals surface area contributed by atoms with E-state index in [0.717, 1.165) is 49.3 Å². The van der Waals surface area contributed by atoms with Gasteiger partial charge in [0.05, 0.1) is 18.0 Å². The molecule has 0 aliphatic rings. The molecule has 0 radical (unpaired) electrons. The number of esters is 1. The molecule has 0 aliphatic heterocycles. The summed E-state index contributed by atoms with van der Waals surface area (Å²) in [6.07, 6.45) is 4.94. The quantitative estimate of drug-likeness (QED) is 0.258. The lowest BCUT2D eigenvalue weighted by Crippen LogP contribution is -2.09. The molecule has 3 rings (SSSR count). The summed E-state index contributed by atoms with van der Waals surface area (Å²) in [5.74, 6) is 1.34. The number of imidazole rings is 1. The van der Waals surface area contributed by atoms with Crippen molar-refractivity contribution in [3.05, 3.63) is 66.5 Å². The summed E-state index contributed by atoms with van der Waals surface area (Å²) in [5, 5.41) is 0. The lowest BCUT2D eigenvalue weighted by atomic mass is 10.00. The molecular formula is C27H34N2O2. The molecule has 0 spiro atoms. The Morgan fingerprint density at radius 2 is 1.61 bits per heavy atom.